The van der Waals surface area contributed by atoms with E-state index in [4.69, 9.17) is 11.6 Å². The number of rotatable bonds is 2. The zero-order chi connectivity index (χ0) is 7.56. The normalized spacial score (nSPS) is 9.80. The van der Waals surface area contributed by atoms with Gasteiger partial charge in [-0.25, -0.2) is 0 Å². The molecule has 54 valence electrons. The van der Waals surface area contributed by atoms with E-state index in [0.717, 1.165) is 11.3 Å². The Hall–Kier alpha value is -0.340. The Morgan fingerprint density at radius 1 is 1.80 bits per heavy atom. The highest BCUT2D eigenvalue weighted by Crippen LogP contribution is 2.18. The van der Waals surface area contributed by atoms with Crippen LogP contribution in [0.15, 0.2) is 11.4 Å². The number of carbonyl (C=O) groups excluding carboxylic acids is 1. The lowest BCUT2D eigenvalue weighted by Gasteiger charge is -1.90. The molecule has 0 aliphatic carbocycles. The maximum atomic E-state index is 10.7. The molecule has 1 nitrogen and oxygen atoms in total. The minimum absolute atomic E-state index is 0.349. The van der Waals surface area contributed by atoms with Crippen LogP contribution in [0.4, 0.5) is 0 Å². The van der Waals surface area contributed by atoms with Crippen molar-refractivity contribution >= 4 is 28.2 Å². The van der Waals surface area contributed by atoms with Gasteiger partial charge in [-0.05, 0) is 29.5 Å². The summed E-state index contributed by atoms with van der Waals surface area (Å²) in [6, 6.07) is 1.76. The average Bonchev–Trinajstić information content (AvgIpc) is 2.33. The number of thiophene rings is 1. The number of carbonyl (C=O) groups is 1. The molecule has 1 aromatic heterocycles. The van der Waals surface area contributed by atoms with Gasteiger partial charge in [0.2, 0.25) is 0 Å². The van der Waals surface area contributed by atoms with E-state index >= 15 is 0 Å². The predicted octanol–water partition coefficient (Wildman–Crippen LogP) is 2.69. The van der Waals surface area contributed by atoms with Gasteiger partial charge in [-0.3, -0.25) is 4.79 Å². The van der Waals surface area contributed by atoms with Gasteiger partial charge in [0.1, 0.15) is 0 Å². The average molecular weight is 175 g/mol. The summed E-state index contributed by atoms with van der Waals surface area (Å²) in [6.07, 6.45) is 0.880. The lowest BCUT2D eigenvalue weighted by atomic mass is 10.2. The summed E-state index contributed by atoms with van der Waals surface area (Å²) >= 11 is 6.87. The summed E-state index contributed by atoms with van der Waals surface area (Å²) in [5, 5.41) is 1.53. The molecule has 0 fully saturated rings. The highest BCUT2D eigenvalue weighted by molar-refractivity contribution is 7.10. The van der Waals surface area contributed by atoms with Crippen LogP contribution < -0.4 is 0 Å². The van der Waals surface area contributed by atoms with E-state index in [2.05, 4.69) is 0 Å². The Kier molecular flexibility index (Phi) is 2.46. The monoisotopic (exact) mass is 174 g/mol. The van der Waals surface area contributed by atoms with Crippen molar-refractivity contribution in [2.75, 3.05) is 0 Å². The zero-order valence-corrected chi connectivity index (χ0v) is 7.13. The Labute approximate surface area is 68.6 Å². The van der Waals surface area contributed by atoms with Gasteiger partial charge < -0.3 is 0 Å². The van der Waals surface area contributed by atoms with E-state index in [1.807, 2.05) is 12.3 Å². The molecule has 0 aliphatic heterocycles. The molecule has 1 heterocycles. The first kappa shape index (κ1) is 7.76. The standard InChI is InChI=1S/C7H7ClOS/c1-2-6-5(7(8)9)3-4-10-6/h3-4H,2H2,1H3. The minimum atomic E-state index is -0.349. The SMILES string of the molecule is CCc1sccc1C(=O)Cl. The van der Waals surface area contributed by atoms with Crippen molar-refractivity contribution in [3.63, 3.8) is 0 Å². The summed E-state index contributed by atoms with van der Waals surface area (Å²) in [6.45, 7) is 2.01. The minimum Gasteiger partial charge on any atom is -0.276 e. The Bertz CT molecular complexity index is 242. The maximum Gasteiger partial charge on any atom is 0.253 e. The van der Waals surface area contributed by atoms with Crippen molar-refractivity contribution in [3.05, 3.63) is 21.9 Å². The van der Waals surface area contributed by atoms with Crippen LogP contribution in [-0.2, 0) is 6.42 Å². The van der Waals surface area contributed by atoms with Gasteiger partial charge in [0.15, 0.2) is 0 Å². The molecule has 0 aromatic carbocycles. The summed E-state index contributed by atoms with van der Waals surface area (Å²) in [7, 11) is 0. The third-order valence-corrected chi connectivity index (χ3v) is 2.55. The van der Waals surface area contributed by atoms with Gasteiger partial charge in [-0.2, -0.15) is 0 Å². The molecule has 0 atom stereocenters. The molecule has 0 amide bonds. The Balaban J connectivity index is 3.01. The summed E-state index contributed by atoms with van der Waals surface area (Å²) in [5.74, 6) is 0. The van der Waals surface area contributed by atoms with Crippen LogP contribution in [0, 0.1) is 0 Å². The van der Waals surface area contributed by atoms with Crippen molar-refractivity contribution in [1.82, 2.24) is 0 Å². The van der Waals surface area contributed by atoms with Gasteiger partial charge in [0.05, 0.1) is 0 Å². The highest BCUT2D eigenvalue weighted by atomic mass is 35.5. The van der Waals surface area contributed by atoms with E-state index in [1.165, 1.54) is 0 Å². The molecule has 0 N–H and O–H groups in total. The van der Waals surface area contributed by atoms with Crippen LogP contribution in [-0.4, -0.2) is 5.24 Å². The first-order valence-corrected chi connectivity index (χ1v) is 4.27. The molecule has 1 rings (SSSR count). The van der Waals surface area contributed by atoms with Crippen LogP contribution in [0.2, 0.25) is 0 Å². The molecule has 0 bridgehead atoms. The van der Waals surface area contributed by atoms with E-state index in [-0.39, 0.29) is 5.24 Å². The maximum absolute atomic E-state index is 10.7. The van der Waals surface area contributed by atoms with Gasteiger partial charge in [0.25, 0.3) is 5.24 Å². The van der Waals surface area contributed by atoms with Crippen LogP contribution in [0.5, 0.6) is 0 Å². The van der Waals surface area contributed by atoms with Crippen LogP contribution in [0.1, 0.15) is 22.2 Å². The van der Waals surface area contributed by atoms with Gasteiger partial charge >= 0.3 is 0 Å². The predicted molar refractivity (Wildman–Crippen MR) is 43.9 cm³/mol. The van der Waals surface area contributed by atoms with Crippen molar-refractivity contribution in [2.45, 2.75) is 13.3 Å². The smallest absolute Gasteiger partial charge is 0.253 e. The third-order valence-electron chi connectivity index (χ3n) is 1.28. The molecule has 0 radical (unpaired) electrons. The quantitative estimate of drug-likeness (QED) is 0.631. The lowest BCUT2D eigenvalue weighted by molar-refractivity contribution is 0.108. The molecule has 3 heteroatoms. The van der Waals surface area contributed by atoms with Crippen molar-refractivity contribution in [3.8, 4) is 0 Å². The zero-order valence-electron chi connectivity index (χ0n) is 5.56. The topological polar surface area (TPSA) is 17.1 Å². The first-order chi connectivity index (χ1) is 4.75. The molecular weight excluding hydrogens is 168 g/mol. The molecule has 0 saturated heterocycles. The van der Waals surface area contributed by atoms with Crippen LogP contribution in [0.25, 0.3) is 0 Å². The molecular formula is C7H7ClOS. The molecule has 0 saturated carbocycles. The van der Waals surface area contributed by atoms with E-state index in [9.17, 15) is 4.79 Å². The number of hydrogen-bond donors (Lipinski definition) is 0. The van der Waals surface area contributed by atoms with Gasteiger partial charge in [-0.1, -0.05) is 6.92 Å². The lowest BCUT2D eigenvalue weighted by Crippen LogP contribution is -1.89. The van der Waals surface area contributed by atoms with Crippen molar-refractivity contribution in [2.24, 2.45) is 0 Å². The summed E-state index contributed by atoms with van der Waals surface area (Å²) in [4.78, 5) is 11.7. The molecule has 1 aromatic rings. The number of hydrogen-bond acceptors (Lipinski definition) is 2. The van der Waals surface area contributed by atoms with Crippen LogP contribution in [0.3, 0.4) is 0 Å². The molecule has 0 spiro atoms. The fourth-order valence-electron chi connectivity index (χ4n) is 0.790. The second-order valence-corrected chi connectivity index (χ2v) is 3.23. The third kappa shape index (κ3) is 1.39. The number of aryl methyl sites for hydroxylation is 1. The largest absolute Gasteiger partial charge is 0.276 e. The fourth-order valence-corrected chi connectivity index (χ4v) is 1.85. The second-order valence-electron chi connectivity index (χ2n) is 1.88. The molecule has 10 heavy (non-hydrogen) atoms. The van der Waals surface area contributed by atoms with Gasteiger partial charge in [-0.15, -0.1) is 11.3 Å². The molecule has 0 unspecified atom stereocenters. The Morgan fingerprint density at radius 3 is 2.90 bits per heavy atom. The highest BCUT2D eigenvalue weighted by Gasteiger charge is 2.07. The first-order valence-electron chi connectivity index (χ1n) is 3.02. The van der Waals surface area contributed by atoms with Crippen LogP contribution >= 0.6 is 22.9 Å². The fraction of sp³-hybridized carbons (Fsp3) is 0.286. The number of halogens is 1. The van der Waals surface area contributed by atoms with E-state index in [0.29, 0.717) is 5.56 Å². The van der Waals surface area contributed by atoms with E-state index in [1.54, 1.807) is 17.4 Å². The molecule has 0 aliphatic rings. The summed E-state index contributed by atoms with van der Waals surface area (Å²) < 4.78 is 0. The van der Waals surface area contributed by atoms with Crippen molar-refractivity contribution < 1.29 is 4.79 Å². The van der Waals surface area contributed by atoms with E-state index < -0.39 is 0 Å². The summed E-state index contributed by atoms with van der Waals surface area (Å²) in [5.41, 5.74) is 0.661. The van der Waals surface area contributed by atoms with Crippen molar-refractivity contribution in [1.29, 1.82) is 0 Å². The second kappa shape index (κ2) is 3.17. The van der Waals surface area contributed by atoms with Gasteiger partial charge in [0, 0.05) is 10.4 Å². The Morgan fingerprint density at radius 2 is 2.50 bits per heavy atom.